The molecule has 0 saturated carbocycles. The third kappa shape index (κ3) is 6.16. The summed E-state index contributed by atoms with van der Waals surface area (Å²) < 4.78 is 37.5. The molecule has 0 radical (unpaired) electrons. The van der Waals surface area contributed by atoms with Crippen molar-refractivity contribution in [1.82, 2.24) is 9.71 Å². The number of sulfonamides is 1. The molecule has 1 aromatic heterocycles. The van der Waals surface area contributed by atoms with Gasteiger partial charge in [-0.3, -0.25) is 9.78 Å². The fourth-order valence-electron chi connectivity index (χ4n) is 2.79. The molecule has 0 saturated heterocycles. The summed E-state index contributed by atoms with van der Waals surface area (Å²) in [7, 11) is -0.999. The number of carbonyl (C=O) groups is 1. The average Bonchev–Trinajstić information content (AvgIpc) is 2.82. The number of nitrogens with zero attached hydrogens (tertiary/aromatic N) is 1. The van der Waals surface area contributed by atoms with E-state index in [1.165, 1.54) is 38.4 Å². The van der Waals surface area contributed by atoms with E-state index in [4.69, 9.17) is 9.47 Å². The molecule has 2 N–H and O–H groups in total. The zero-order valence-electron chi connectivity index (χ0n) is 17.6. The second kappa shape index (κ2) is 10.6. The first-order chi connectivity index (χ1) is 15.4. The molecule has 32 heavy (non-hydrogen) atoms. The van der Waals surface area contributed by atoms with Crippen LogP contribution in [-0.4, -0.2) is 33.5 Å². The normalized spacial score (nSPS) is 11.3. The van der Waals surface area contributed by atoms with Crippen LogP contribution >= 0.6 is 0 Å². The lowest BCUT2D eigenvalue weighted by Gasteiger charge is -2.09. The van der Waals surface area contributed by atoms with E-state index in [1.54, 1.807) is 42.7 Å². The molecule has 0 bridgehead atoms. The van der Waals surface area contributed by atoms with Gasteiger partial charge in [-0.1, -0.05) is 18.2 Å². The zero-order chi connectivity index (χ0) is 23.0. The summed E-state index contributed by atoms with van der Waals surface area (Å²) in [4.78, 5) is 16.4. The van der Waals surface area contributed by atoms with Gasteiger partial charge in [0.15, 0.2) is 0 Å². The largest absolute Gasteiger partial charge is 0.495 e. The lowest BCUT2D eigenvalue weighted by atomic mass is 10.2. The Kier molecular flexibility index (Phi) is 7.58. The highest BCUT2D eigenvalue weighted by Gasteiger charge is 2.17. The van der Waals surface area contributed by atoms with Crippen LogP contribution in [0.2, 0.25) is 0 Å². The number of carbonyl (C=O) groups excluding carboxylic acids is 1. The molecule has 0 aliphatic carbocycles. The predicted molar refractivity (Wildman–Crippen MR) is 122 cm³/mol. The number of rotatable bonds is 9. The maximum Gasteiger partial charge on any atom is 0.248 e. The van der Waals surface area contributed by atoms with E-state index in [0.29, 0.717) is 23.6 Å². The summed E-state index contributed by atoms with van der Waals surface area (Å²) in [6.45, 7) is 0.362. The van der Waals surface area contributed by atoms with E-state index in [-0.39, 0.29) is 16.6 Å². The highest BCUT2D eigenvalue weighted by molar-refractivity contribution is 7.89. The lowest BCUT2D eigenvalue weighted by Crippen LogP contribution is -2.19. The molecule has 0 unspecified atom stereocenters. The van der Waals surface area contributed by atoms with Crippen LogP contribution in [-0.2, 0) is 21.4 Å². The van der Waals surface area contributed by atoms with Crippen molar-refractivity contribution >= 4 is 27.7 Å². The van der Waals surface area contributed by atoms with Gasteiger partial charge in [0, 0.05) is 35.8 Å². The number of pyridine rings is 1. The molecule has 0 spiro atoms. The Bertz CT molecular complexity index is 1210. The van der Waals surface area contributed by atoms with Crippen molar-refractivity contribution in [3.63, 3.8) is 0 Å². The Labute approximate surface area is 187 Å². The van der Waals surface area contributed by atoms with Crippen molar-refractivity contribution < 1.29 is 22.7 Å². The Morgan fingerprint density at radius 2 is 1.97 bits per heavy atom. The Morgan fingerprint density at radius 1 is 1.12 bits per heavy atom. The molecule has 0 fully saturated rings. The van der Waals surface area contributed by atoms with Gasteiger partial charge in [0.1, 0.15) is 23.0 Å². The fourth-order valence-corrected chi connectivity index (χ4v) is 3.71. The van der Waals surface area contributed by atoms with Crippen LogP contribution in [0.3, 0.4) is 0 Å². The van der Waals surface area contributed by atoms with Gasteiger partial charge in [0.25, 0.3) is 0 Å². The number of nitrogens with one attached hydrogen (secondary N) is 2. The Morgan fingerprint density at radius 3 is 2.69 bits per heavy atom. The summed E-state index contributed by atoms with van der Waals surface area (Å²) >= 11 is 0. The van der Waals surface area contributed by atoms with Gasteiger partial charge in [-0.05, 0) is 49.0 Å². The molecule has 9 heteroatoms. The third-order valence-corrected chi connectivity index (χ3v) is 5.84. The summed E-state index contributed by atoms with van der Waals surface area (Å²) in [5.41, 5.74) is 2.03. The zero-order valence-corrected chi connectivity index (χ0v) is 18.4. The van der Waals surface area contributed by atoms with Crippen LogP contribution in [0.4, 0.5) is 5.69 Å². The van der Waals surface area contributed by atoms with E-state index in [9.17, 15) is 13.2 Å². The van der Waals surface area contributed by atoms with Crippen molar-refractivity contribution in [2.24, 2.45) is 0 Å². The Balaban J connectivity index is 1.66. The number of hydrogen-bond acceptors (Lipinski definition) is 6. The molecular formula is C23H23N3O5S. The smallest absolute Gasteiger partial charge is 0.248 e. The molecule has 0 atom stereocenters. The van der Waals surface area contributed by atoms with Gasteiger partial charge in [-0.15, -0.1) is 0 Å². The minimum absolute atomic E-state index is 0.0106. The summed E-state index contributed by atoms with van der Waals surface area (Å²) in [5, 5.41) is 2.76. The first-order valence-corrected chi connectivity index (χ1v) is 11.1. The van der Waals surface area contributed by atoms with Gasteiger partial charge in [-0.2, -0.15) is 0 Å². The van der Waals surface area contributed by atoms with Gasteiger partial charge >= 0.3 is 0 Å². The number of hydrogen-bond donors (Lipinski definition) is 2. The van der Waals surface area contributed by atoms with Crippen LogP contribution in [0.1, 0.15) is 11.1 Å². The van der Waals surface area contributed by atoms with Crippen LogP contribution in [0, 0.1) is 0 Å². The van der Waals surface area contributed by atoms with Crippen molar-refractivity contribution in [3.8, 4) is 11.5 Å². The van der Waals surface area contributed by atoms with Crippen molar-refractivity contribution in [2.75, 3.05) is 19.5 Å². The number of amides is 1. The molecular weight excluding hydrogens is 430 g/mol. The first kappa shape index (κ1) is 23.0. The van der Waals surface area contributed by atoms with E-state index >= 15 is 0 Å². The number of aromatic nitrogens is 1. The lowest BCUT2D eigenvalue weighted by molar-refractivity contribution is -0.111. The van der Waals surface area contributed by atoms with Crippen LogP contribution < -0.4 is 19.5 Å². The number of methoxy groups -OCH3 is 1. The van der Waals surface area contributed by atoms with Gasteiger partial charge in [-0.25, -0.2) is 13.1 Å². The predicted octanol–water partition coefficient (Wildman–Crippen LogP) is 3.23. The molecule has 3 aromatic rings. The molecule has 0 aliphatic rings. The SMILES string of the molecule is CNS(=O)(=O)c1cc(C=CC(=O)Nc2cccc(OCc3cccnc3)c2)ccc1OC. The maximum atomic E-state index is 12.3. The molecule has 1 heterocycles. The summed E-state index contributed by atoms with van der Waals surface area (Å²) in [6, 6.07) is 15.4. The third-order valence-electron chi connectivity index (χ3n) is 4.40. The fraction of sp³-hybridized carbons (Fsp3) is 0.130. The second-order valence-electron chi connectivity index (χ2n) is 6.62. The number of anilines is 1. The molecule has 0 aliphatic heterocycles. The number of ether oxygens (including phenoxy) is 2. The monoisotopic (exact) mass is 453 g/mol. The highest BCUT2D eigenvalue weighted by atomic mass is 32.2. The summed E-state index contributed by atoms with van der Waals surface area (Å²) in [6.07, 6.45) is 6.26. The van der Waals surface area contributed by atoms with E-state index < -0.39 is 10.0 Å². The average molecular weight is 454 g/mol. The summed E-state index contributed by atoms with van der Waals surface area (Å²) in [5.74, 6) is 0.444. The minimum atomic E-state index is -3.71. The molecule has 166 valence electrons. The van der Waals surface area contributed by atoms with E-state index in [0.717, 1.165) is 5.56 Å². The molecule has 2 aromatic carbocycles. The van der Waals surface area contributed by atoms with Crippen molar-refractivity contribution in [3.05, 3.63) is 84.2 Å². The molecule has 8 nitrogen and oxygen atoms in total. The maximum absolute atomic E-state index is 12.3. The van der Waals surface area contributed by atoms with Gasteiger partial charge in [0.2, 0.25) is 15.9 Å². The standard InChI is InChI=1S/C23H23N3O5S/c1-24-32(28,29)22-13-17(8-10-21(22)30-2)9-11-23(27)26-19-6-3-7-20(14-19)31-16-18-5-4-12-25-15-18/h3-15,24H,16H2,1-2H3,(H,26,27). The second-order valence-corrected chi connectivity index (χ2v) is 8.47. The number of benzene rings is 2. The topological polar surface area (TPSA) is 107 Å². The van der Waals surface area contributed by atoms with Crippen LogP contribution in [0.15, 0.2) is 78.0 Å². The molecule has 3 rings (SSSR count). The van der Waals surface area contributed by atoms with Gasteiger partial charge in [0.05, 0.1) is 7.11 Å². The quantitative estimate of drug-likeness (QED) is 0.482. The van der Waals surface area contributed by atoms with E-state index in [2.05, 4.69) is 15.0 Å². The Hall–Kier alpha value is -3.69. The minimum Gasteiger partial charge on any atom is -0.495 e. The van der Waals surface area contributed by atoms with Crippen LogP contribution in [0.5, 0.6) is 11.5 Å². The highest BCUT2D eigenvalue weighted by Crippen LogP contribution is 2.25. The van der Waals surface area contributed by atoms with Crippen LogP contribution in [0.25, 0.3) is 6.08 Å². The van der Waals surface area contributed by atoms with Crippen molar-refractivity contribution in [2.45, 2.75) is 11.5 Å². The van der Waals surface area contributed by atoms with Gasteiger partial charge < -0.3 is 14.8 Å². The van der Waals surface area contributed by atoms with Crippen molar-refractivity contribution in [1.29, 1.82) is 0 Å². The first-order valence-electron chi connectivity index (χ1n) is 9.63. The van der Waals surface area contributed by atoms with E-state index in [1.807, 2.05) is 12.1 Å². The molecule has 1 amide bonds.